The average Bonchev–Trinajstić information content (AvgIpc) is 3.62. The fourth-order valence-corrected chi connectivity index (χ4v) is 5.34. The molecule has 3 aliphatic rings. The van der Waals surface area contributed by atoms with Gasteiger partial charge in [-0.25, -0.2) is 4.79 Å². The Morgan fingerprint density at radius 1 is 0.972 bits per heavy atom. The molecule has 1 N–H and O–H groups in total. The molecule has 1 aliphatic carbocycles. The Kier molecular flexibility index (Phi) is 6.90. The summed E-state index contributed by atoms with van der Waals surface area (Å²) in [6.45, 7) is 8.56. The van der Waals surface area contributed by atoms with Crippen molar-refractivity contribution < 1.29 is 9.59 Å². The lowest BCUT2D eigenvalue weighted by Gasteiger charge is -2.45. The Balaban J connectivity index is 1.45. The van der Waals surface area contributed by atoms with Crippen molar-refractivity contribution in [1.29, 1.82) is 0 Å². The van der Waals surface area contributed by atoms with Crippen molar-refractivity contribution in [3.8, 4) is 0 Å². The van der Waals surface area contributed by atoms with Crippen LogP contribution in [0.1, 0.15) is 42.9 Å². The number of carbonyl (C=O) groups excluding carboxylic acids is 2. The Labute approximate surface area is 214 Å². The number of hydrogen-bond acceptors (Lipinski definition) is 4. The normalized spacial score (nSPS) is 19.8. The number of anilines is 2. The maximum absolute atomic E-state index is 12.8. The number of rotatable bonds is 6. The second-order valence-electron chi connectivity index (χ2n) is 10.4. The number of nitrogens with zero attached hydrogens (tertiary/aromatic N) is 4. The van der Waals surface area contributed by atoms with Crippen LogP contribution in [0.2, 0.25) is 0 Å². The summed E-state index contributed by atoms with van der Waals surface area (Å²) in [5.74, 6) is 0.294. The minimum atomic E-state index is 0.0111. The molecule has 5 rings (SSSR count). The molecule has 0 bridgehead atoms. The van der Waals surface area contributed by atoms with E-state index in [0.717, 1.165) is 48.6 Å². The fraction of sp³-hybridized carbons (Fsp3) is 0.448. The quantitative estimate of drug-likeness (QED) is 0.645. The SMILES string of the molecule is C=C(c1ccc(NC(=O)C2CC2)cc1N1CCCC1)N1CCN(C(=O)N(C)C)CC1c1ccccc1. The molecule has 0 aromatic heterocycles. The van der Waals surface area contributed by atoms with Gasteiger partial charge in [-0.3, -0.25) is 4.79 Å². The molecule has 7 nitrogen and oxygen atoms in total. The number of carbonyl (C=O) groups is 2. The highest BCUT2D eigenvalue weighted by Gasteiger charge is 2.34. The fourth-order valence-electron chi connectivity index (χ4n) is 5.34. The number of amides is 3. The van der Waals surface area contributed by atoms with Gasteiger partial charge in [0.15, 0.2) is 0 Å². The van der Waals surface area contributed by atoms with Crippen molar-refractivity contribution in [2.75, 3.05) is 57.0 Å². The number of benzene rings is 2. The predicted octanol–water partition coefficient (Wildman–Crippen LogP) is 4.65. The van der Waals surface area contributed by atoms with Crippen molar-refractivity contribution >= 4 is 29.0 Å². The van der Waals surface area contributed by atoms with Crippen LogP contribution in [0.25, 0.3) is 5.70 Å². The Bertz CT molecular complexity index is 1120. The van der Waals surface area contributed by atoms with E-state index in [0.29, 0.717) is 19.6 Å². The highest BCUT2D eigenvalue weighted by molar-refractivity contribution is 5.95. The van der Waals surface area contributed by atoms with E-state index in [-0.39, 0.29) is 23.9 Å². The van der Waals surface area contributed by atoms with E-state index >= 15 is 0 Å². The van der Waals surface area contributed by atoms with Gasteiger partial charge in [-0.05, 0) is 49.4 Å². The molecule has 1 unspecified atom stereocenters. The maximum atomic E-state index is 12.8. The first kappa shape index (κ1) is 24.2. The molecule has 36 heavy (non-hydrogen) atoms. The van der Waals surface area contributed by atoms with Crippen LogP contribution < -0.4 is 10.2 Å². The van der Waals surface area contributed by atoms with Gasteiger partial charge < -0.3 is 24.9 Å². The van der Waals surface area contributed by atoms with E-state index in [2.05, 4.69) is 58.1 Å². The largest absolute Gasteiger partial charge is 0.371 e. The summed E-state index contributed by atoms with van der Waals surface area (Å²) in [5, 5.41) is 3.12. The van der Waals surface area contributed by atoms with Gasteiger partial charge in [0, 0.05) is 75.4 Å². The van der Waals surface area contributed by atoms with Crippen LogP contribution in [-0.2, 0) is 4.79 Å². The van der Waals surface area contributed by atoms with E-state index in [1.54, 1.807) is 19.0 Å². The Morgan fingerprint density at radius 3 is 2.36 bits per heavy atom. The summed E-state index contributed by atoms with van der Waals surface area (Å²) in [4.78, 5) is 33.6. The highest BCUT2D eigenvalue weighted by Crippen LogP contribution is 2.39. The van der Waals surface area contributed by atoms with Crippen LogP contribution in [0.5, 0.6) is 0 Å². The van der Waals surface area contributed by atoms with Crippen molar-refractivity contribution in [2.45, 2.75) is 31.7 Å². The second-order valence-corrected chi connectivity index (χ2v) is 10.4. The van der Waals surface area contributed by atoms with Crippen LogP contribution in [0.4, 0.5) is 16.2 Å². The zero-order valence-electron chi connectivity index (χ0n) is 21.4. The highest BCUT2D eigenvalue weighted by atomic mass is 16.2. The molecular weight excluding hydrogens is 450 g/mol. The van der Waals surface area contributed by atoms with Gasteiger partial charge in [0.25, 0.3) is 0 Å². The van der Waals surface area contributed by atoms with E-state index < -0.39 is 0 Å². The van der Waals surface area contributed by atoms with Gasteiger partial charge in [0.05, 0.1) is 6.04 Å². The molecule has 0 radical (unpaired) electrons. The second kappa shape index (κ2) is 10.2. The zero-order valence-corrected chi connectivity index (χ0v) is 21.4. The van der Waals surface area contributed by atoms with E-state index in [9.17, 15) is 9.59 Å². The van der Waals surface area contributed by atoms with Crippen LogP contribution >= 0.6 is 0 Å². The van der Waals surface area contributed by atoms with Crippen LogP contribution in [0, 0.1) is 5.92 Å². The van der Waals surface area contributed by atoms with Gasteiger partial charge in [-0.2, -0.15) is 0 Å². The summed E-state index contributed by atoms with van der Waals surface area (Å²) in [5.41, 5.74) is 5.21. The van der Waals surface area contributed by atoms with Gasteiger partial charge in [0.2, 0.25) is 5.91 Å². The van der Waals surface area contributed by atoms with Crippen LogP contribution in [-0.4, -0.2) is 73.5 Å². The first-order valence-corrected chi connectivity index (χ1v) is 13.1. The lowest BCUT2D eigenvalue weighted by Crippen LogP contribution is -2.52. The smallest absolute Gasteiger partial charge is 0.319 e. The molecule has 3 fully saturated rings. The molecule has 7 heteroatoms. The Hall–Kier alpha value is -3.48. The van der Waals surface area contributed by atoms with Gasteiger partial charge in [-0.15, -0.1) is 0 Å². The number of hydrogen-bond donors (Lipinski definition) is 1. The first-order chi connectivity index (χ1) is 17.4. The van der Waals surface area contributed by atoms with E-state index in [4.69, 9.17) is 0 Å². The van der Waals surface area contributed by atoms with Crippen molar-refractivity contribution in [3.05, 3.63) is 66.2 Å². The molecule has 1 atom stereocenters. The number of nitrogens with one attached hydrogen (secondary N) is 1. The molecule has 2 aromatic rings. The minimum absolute atomic E-state index is 0.0111. The summed E-state index contributed by atoms with van der Waals surface area (Å²) >= 11 is 0. The molecule has 2 aromatic carbocycles. The van der Waals surface area contributed by atoms with Gasteiger partial charge in [-0.1, -0.05) is 36.9 Å². The van der Waals surface area contributed by atoms with E-state index in [1.807, 2.05) is 17.0 Å². The van der Waals surface area contributed by atoms with E-state index in [1.165, 1.54) is 18.4 Å². The topological polar surface area (TPSA) is 59.1 Å². The summed E-state index contributed by atoms with van der Waals surface area (Å²) in [7, 11) is 3.61. The lowest BCUT2D eigenvalue weighted by molar-refractivity contribution is -0.117. The van der Waals surface area contributed by atoms with Crippen molar-refractivity contribution in [3.63, 3.8) is 0 Å². The predicted molar refractivity (Wildman–Crippen MR) is 145 cm³/mol. The monoisotopic (exact) mass is 487 g/mol. The zero-order chi connectivity index (χ0) is 25.2. The molecule has 2 saturated heterocycles. The summed E-state index contributed by atoms with van der Waals surface area (Å²) in [6.07, 6.45) is 4.32. The average molecular weight is 488 g/mol. The van der Waals surface area contributed by atoms with Crippen molar-refractivity contribution in [2.24, 2.45) is 5.92 Å². The summed E-state index contributed by atoms with van der Waals surface area (Å²) < 4.78 is 0. The number of urea groups is 1. The summed E-state index contributed by atoms with van der Waals surface area (Å²) in [6, 6.07) is 16.7. The first-order valence-electron chi connectivity index (χ1n) is 13.1. The molecule has 1 saturated carbocycles. The third-order valence-corrected chi connectivity index (χ3v) is 7.54. The molecule has 2 aliphatic heterocycles. The third-order valence-electron chi connectivity index (χ3n) is 7.54. The molecule has 190 valence electrons. The van der Waals surface area contributed by atoms with Gasteiger partial charge >= 0.3 is 6.03 Å². The maximum Gasteiger partial charge on any atom is 0.319 e. The van der Waals surface area contributed by atoms with Crippen LogP contribution in [0.15, 0.2) is 55.1 Å². The number of piperazine rings is 1. The molecule has 3 amide bonds. The standard InChI is InChI=1S/C29H37N5O2/c1-21(34-18-17-33(29(36)31(2)3)20-27(34)22-9-5-4-6-10-22)25-14-13-24(30-28(35)23-11-12-23)19-26(25)32-15-7-8-16-32/h4-6,9-10,13-14,19,23,27H,1,7-8,11-12,15-18,20H2,2-3H3,(H,30,35). The molecule has 0 spiro atoms. The third kappa shape index (κ3) is 5.06. The minimum Gasteiger partial charge on any atom is -0.371 e. The molecular formula is C29H37N5O2. The van der Waals surface area contributed by atoms with Gasteiger partial charge in [0.1, 0.15) is 0 Å². The Morgan fingerprint density at radius 2 is 1.69 bits per heavy atom. The lowest BCUT2D eigenvalue weighted by atomic mass is 9.99. The van der Waals surface area contributed by atoms with Crippen molar-refractivity contribution in [1.82, 2.24) is 14.7 Å². The molecule has 2 heterocycles. The van der Waals surface area contributed by atoms with Crippen LogP contribution in [0.3, 0.4) is 0 Å².